The van der Waals surface area contributed by atoms with Gasteiger partial charge >= 0.3 is 0 Å². The van der Waals surface area contributed by atoms with E-state index < -0.39 is 0 Å². The van der Waals surface area contributed by atoms with E-state index in [0.29, 0.717) is 30.1 Å². The Bertz CT molecular complexity index is 542. The highest BCUT2D eigenvalue weighted by molar-refractivity contribution is 5.94. The molecule has 1 aliphatic heterocycles. The number of hydrogen-bond acceptors (Lipinski definition) is 4. The molecule has 5 heteroatoms. The van der Waals surface area contributed by atoms with Crippen LogP contribution in [0, 0.1) is 17.8 Å². The molecule has 1 atom stereocenters. The summed E-state index contributed by atoms with van der Waals surface area (Å²) in [4.78, 5) is 18.2. The molecule has 1 aromatic rings. The molecule has 1 aliphatic rings. The first-order chi connectivity index (χ1) is 10.2. The van der Waals surface area contributed by atoms with Crippen LogP contribution in [-0.2, 0) is 4.74 Å². The predicted molar refractivity (Wildman–Crippen MR) is 80.7 cm³/mol. The zero-order valence-corrected chi connectivity index (χ0v) is 12.3. The summed E-state index contributed by atoms with van der Waals surface area (Å²) < 4.78 is 5.45. The van der Waals surface area contributed by atoms with Gasteiger partial charge in [0.1, 0.15) is 0 Å². The summed E-state index contributed by atoms with van der Waals surface area (Å²) in [5.74, 6) is 6.03. The van der Waals surface area contributed by atoms with Gasteiger partial charge in [-0.2, -0.15) is 0 Å². The van der Waals surface area contributed by atoms with Gasteiger partial charge in [-0.3, -0.25) is 9.78 Å². The van der Waals surface area contributed by atoms with Crippen molar-refractivity contribution in [3.05, 3.63) is 29.6 Å². The summed E-state index contributed by atoms with van der Waals surface area (Å²) in [6, 6.07) is 1.76. The van der Waals surface area contributed by atoms with Crippen LogP contribution in [0.5, 0.6) is 0 Å². The topological polar surface area (TPSA) is 68.5 Å². The van der Waals surface area contributed by atoms with Crippen molar-refractivity contribution in [1.29, 1.82) is 0 Å². The molecule has 2 heterocycles. The molecule has 0 aromatic carbocycles. The maximum absolute atomic E-state index is 12.4. The lowest BCUT2D eigenvalue weighted by Crippen LogP contribution is -2.35. The lowest BCUT2D eigenvalue weighted by Gasteiger charge is -2.27. The molecule has 1 aromatic heterocycles. The highest BCUT2D eigenvalue weighted by Gasteiger charge is 2.19. The van der Waals surface area contributed by atoms with Gasteiger partial charge in [0.15, 0.2) is 0 Å². The van der Waals surface area contributed by atoms with Gasteiger partial charge in [0.25, 0.3) is 5.91 Å². The smallest absolute Gasteiger partial charge is 0.255 e. The fourth-order valence-electron chi connectivity index (χ4n) is 2.42. The van der Waals surface area contributed by atoms with E-state index in [1.54, 1.807) is 23.4 Å². The summed E-state index contributed by atoms with van der Waals surface area (Å²) in [6.45, 7) is 2.56. The largest absolute Gasteiger partial charge is 0.381 e. The number of amides is 1. The molecule has 0 radical (unpaired) electrons. The van der Waals surface area contributed by atoms with Gasteiger partial charge in [0.2, 0.25) is 0 Å². The number of ether oxygens (including phenoxy) is 1. The van der Waals surface area contributed by atoms with Crippen molar-refractivity contribution in [3.63, 3.8) is 0 Å². The molecule has 112 valence electrons. The van der Waals surface area contributed by atoms with Crippen molar-refractivity contribution in [3.8, 4) is 11.8 Å². The molecule has 1 fully saturated rings. The maximum atomic E-state index is 12.4. The zero-order chi connectivity index (χ0) is 15.1. The number of nitrogens with zero attached hydrogens (tertiary/aromatic N) is 2. The second-order valence-electron chi connectivity index (χ2n) is 5.24. The second-order valence-corrected chi connectivity index (χ2v) is 5.24. The van der Waals surface area contributed by atoms with Crippen LogP contribution in [0.25, 0.3) is 0 Å². The fourth-order valence-corrected chi connectivity index (χ4v) is 2.42. The summed E-state index contributed by atoms with van der Waals surface area (Å²) in [7, 11) is 1.81. The SMILES string of the molecule is CN(CC1CCCOC1)C(=O)c1cncc(C#CCN)c1. The Labute approximate surface area is 125 Å². The molecule has 1 saturated heterocycles. The first-order valence-corrected chi connectivity index (χ1v) is 7.18. The van der Waals surface area contributed by atoms with Crippen molar-refractivity contribution in [2.75, 3.05) is 33.4 Å². The molecule has 0 spiro atoms. The number of pyridine rings is 1. The third kappa shape index (κ3) is 4.55. The summed E-state index contributed by atoms with van der Waals surface area (Å²) in [5.41, 5.74) is 6.61. The number of nitrogens with two attached hydrogens (primary N) is 1. The molecule has 2 rings (SSSR count). The van der Waals surface area contributed by atoms with E-state index in [2.05, 4.69) is 16.8 Å². The van der Waals surface area contributed by atoms with E-state index in [1.807, 2.05) is 7.05 Å². The van der Waals surface area contributed by atoms with Gasteiger partial charge in [0.05, 0.1) is 18.7 Å². The van der Waals surface area contributed by atoms with E-state index in [4.69, 9.17) is 10.5 Å². The normalized spacial score (nSPS) is 17.7. The van der Waals surface area contributed by atoms with Crippen LogP contribution in [0.2, 0.25) is 0 Å². The first-order valence-electron chi connectivity index (χ1n) is 7.18. The van der Waals surface area contributed by atoms with Gasteiger partial charge in [-0.25, -0.2) is 0 Å². The molecule has 5 nitrogen and oxygen atoms in total. The fraction of sp³-hybridized carbons (Fsp3) is 0.500. The van der Waals surface area contributed by atoms with E-state index in [9.17, 15) is 4.79 Å². The summed E-state index contributed by atoms with van der Waals surface area (Å²) in [6.07, 6.45) is 5.38. The highest BCUT2D eigenvalue weighted by atomic mass is 16.5. The minimum Gasteiger partial charge on any atom is -0.381 e. The monoisotopic (exact) mass is 287 g/mol. The Hall–Kier alpha value is -1.90. The molecule has 2 N–H and O–H groups in total. The zero-order valence-electron chi connectivity index (χ0n) is 12.3. The van der Waals surface area contributed by atoms with Crippen LogP contribution in [0.3, 0.4) is 0 Å². The average molecular weight is 287 g/mol. The van der Waals surface area contributed by atoms with Crippen LogP contribution in [-0.4, -0.2) is 49.1 Å². The maximum Gasteiger partial charge on any atom is 0.255 e. The molecule has 1 amide bonds. The number of rotatable bonds is 3. The summed E-state index contributed by atoms with van der Waals surface area (Å²) >= 11 is 0. The van der Waals surface area contributed by atoms with Crippen LogP contribution in [0.1, 0.15) is 28.8 Å². The van der Waals surface area contributed by atoms with Crippen LogP contribution in [0.15, 0.2) is 18.5 Å². The summed E-state index contributed by atoms with van der Waals surface area (Å²) in [5, 5.41) is 0. The van der Waals surface area contributed by atoms with E-state index in [0.717, 1.165) is 26.1 Å². The van der Waals surface area contributed by atoms with Gasteiger partial charge in [-0.1, -0.05) is 11.8 Å². The minimum absolute atomic E-state index is 0.0375. The standard InChI is InChI=1S/C16H21N3O2/c1-19(11-14-5-3-7-21-12-14)16(20)15-8-13(4-2-6-17)9-18-10-15/h8-10,14H,3,5-7,11-12,17H2,1H3. The Morgan fingerprint density at radius 3 is 3.14 bits per heavy atom. The number of aromatic nitrogens is 1. The van der Waals surface area contributed by atoms with Crippen molar-refractivity contribution in [2.45, 2.75) is 12.8 Å². The number of carbonyl (C=O) groups excluding carboxylic acids is 1. The van der Waals surface area contributed by atoms with Crippen LogP contribution < -0.4 is 5.73 Å². The lowest BCUT2D eigenvalue weighted by atomic mass is 10.0. The molecule has 21 heavy (non-hydrogen) atoms. The Morgan fingerprint density at radius 2 is 2.43 bits per heavy atom. The molecular weight excluding hydrogens is 266 g/mol. The lowest BCUT2D eigenvalue weighted by molar-refractivity contribution is 0.0388. The Balaban J connectivity index is 2.01. The van der Waals surface area contributed by atoms with Crippen LogP contribution >= 0.6 is 0 Å². The number of carbonyl (C=O) groups is 1. The van der Waals surface area contributed by atoms with E-state index in [-0.39, 0.29) is 5.91 Å². The van der Waals surface area contributed by atoms with Crippen molar-refractivity contribution >= 4 is 5.91 Å². The van der Waals surface area contributed by atoms with E-state index in [1.165, 1.54) is 0 Å². The van der Waals surface area contributed by atoms with Crippen molar-refractivity contribution in [2.24, 2.45) is 11.7 Å². The van der Waals surface area contributed by atoms with Gasteiger partial charge < -0.3 is 15.4 Å². The minimum atomic E-state index is -0.0375. The quantitative estimate of drug-likeness (QED) is 0.838. The first kappa shape index (κ1) is 15.5. The molecule has 0 saturated carbocycles. The third-order valence-electron chi connectivity index (χ3n) is 3.45. The van der Waals surface area contributed by atoms with Crippen molar-refractivity contribution < 1.29 is 9.53 Å². The Morgan fingerprint density at radius 1 is 1.57 bits per heavy atom. The van der Waals surface area contributed by atoms with Gasteiger partial charge in [0, 0.05) is 38.2 Å². The van der Waals surface area contributed by atoms with Crippen LogP contribution in [0.4, 0.5) is 0 Å². The molecular formula is C16H21N3O2. The predicted octanol–water partition coefficient (Wildman–Crippen LogP) is 0.890. The highest BCUT2D eigenvalue weighted by Crippen LogP contribution is 2.15. The van der Waals surface area contributed by atoms with Gasteiger partial charge in [-0.15, -0.1) is 0 Å². The van der Waals surface area contributed by atoms with Crippen molar-refractivity contribution in [1.82, 2.24) is 9.88 Å². The molecule has 1 unspecified atom stereocenters. The third-order valence-corrected chi connectivity index (χ3v) is 3.45. The molecule has 0 aliphatic carbocycles. The average Bonchev–Trinajstić information content (AvgIpc) is 2.53. The number of hydrogen-bond donors (Lipinski definition) is 1. The Kier molecular flexibility index (Phi) is 5.73. The second kappa shape index (κ2) is 7.77. The molecule has 0 bridgehead atoms. The van der Waals surface area contributed by atoms with Gasteiger partial charge in [-0.05, 0) is 24.8 Å². The van der Waals surface area contributed by atoms with E-state index >= 15 is 0 Å².